The zero-order valence-corrected chi connectivity index (χ0v) is 18.9. The maximum atomic E-state index is 12.6. The van der Waals surface area contributed by atoms with E-state index in [1.54, 1.807) is 48.5 Å². The molecule has 0 radical (unpaired) electrons. The zero-order chi connectivity index (χ0) is 22.8. The van der Waals surface area contributed by atoms with Crippen LogP contribution < -0.4 is 15.2 Å². The molecule has 4 N–H and O–H groups in total. The molecule has 0 amide bonds. The van der Waals surface area contributed by atoms with Crippen molar-refractivity contribution in [3.05, 3.63) is 84.2 Å². The number of primary sulfonamides is 1. The van der Waals surface area contributed by atoms with Crippen molar-refractivity contribution in [2.45, 2.75) is 9.79 Å². The van der Waals surface area contributed by atoms with Gasteiger partial charge in [0.15, 0.2) is 5.13 Å². The van der Waals surface area contributed by atoms with Gasteiger partial charge in [0.2, 0.25) is 10.0 Å². The summed E-state index contributed by atoms with van der Waals surface area (Å²) in [6.07, 6.45) is 0. The minimum atomic E-state index is -3.74. The number of aromatic nitrogens is 1. The molecular weight excluding hydrogens is 468 g/mol. The third-order valence-corrected chi connectivity index (χ3v) is 7.51. The monoisotopic (exact) mass is 486 g/mol. The van der Waals surface area contributed by atoms with Crippen LogP contribution in [0.5, 0.6) is 0 Å². The molecule has 32 heavy (non-hydrogen) atoms. The smallest absolute Gasteiger partial charge is 0.261 e. The summed E-state index contributed by atoms with van der Waals surface area (Å²) in [7, 11) is -7.44. The topological polar surface area (TPSA) is 131 Å². The number of nitrogens with one attached hydrogen (secondary N) is 2. The Morgan fingerprint density at radius 1 is 0.750 bits per heavy atom. The molecule has 0 saturated heterocycles. The van der Waals surface area contributed by atoms with E-state index in [-0.39, 0.29) is 9.79 Å². The molecule has 0 unspecified atom stereocenters. The standard InChI is InChI=1S/C21H18N4O4S3/c22-31(26,27)18-12-8-16(9-13-18)23-21-24-20(14-30-21)15-6-10-19(11-7-15)32(28,29)25-17-4-2-1-3-5-17/h1-14,25H,(H,23,24)(H2,22,26,27). The molecule has 0 spiro atoms. The molecule has 0 fully saturated rings. The molecule has 11 heteroatoms. The first-order valence-corrected chi connectivity index (χ1v) is 13.2. The lowest BCUT2D eigenvalue weighted by Crippen LogP contribution is -2.12. The summed E-state index contributed by atoms with van der Waals surface area (Å²) in [4.78, 5) is 4.68. The predicted octanol–water partition coefficient (Wildman–Crippen LogP) is 4.00. The fourth-order valence-corrected chi connectivity index (χ4v) is 5.15. The van der Waals surface area contributed by atoms with Gasteiger partial charge < -0.3 is 5.32 Å². The number of benzene rings is 3. The Bertz CT molecular complexity index is 1430. The molecule has 0 aliphatic carbocycles. The van der Waals surface area contributed by atoms with Gasteiger partial charge in [-0.2, -0.15) is 0 Å². The molecule has 4 rings (SSSR count). The maximum Gasteiger partial charge on any atom is 0.261 e. The number of rotatable bonds is 7. The van der Waals surface area contributed by atoms with Gasteiger partial charge in [-0.1, -0.05) is 30.3 Å². The largest absolute Gasteiger partial charge is 0.332 e. The summed E-state index contributed by atoms with van der Waals surface area (Å²) in [5, 5.41) is 10.6. The number of hydrogen-bond donors (Lipinski definition) is 3. The van der Waals surface area contributed by atoms with Crippen LogP contribution in [0.15, 0.2) is 94.0 Å². The van der Waals surface area contributed by atoms with Gasteiger partial charge in [0.1, 0.15) is 0 Å². The zero-order valence-electron chi connectivity index (χ0n) is 16.5. The summed E-state index contributed by atoms with van der Waals surface area (Å²) >= 11 is 1.36. The van der Waals surface area contributed by atoms with Crippen LogP contribution in [0.25, 0.3) is 11.3 Å². The Morgan fingerprint density at radius 3 is 2.00 bits per heavy atom. The molecule has 0 atom stereocenters. The highest BCUT2D eigenvalue weighted by Crippen LogP contribution is 2.28. The number of nitrogens with two attached hydrogens (primary N) is 1. The van der Waals surface area contributed by atoms with E-state index in [4.69, 9.17) is 5.14 Å². The first kappa shape index (κ1) is 22.0. The minimum absolute atomic E-state index is 0.0275. The number of para-hydroxylation sites is 1. The van der Waals surface area contributed by atoms with Gasteiger partial charge >= 0.3 is 0 Å². The fraction of sp³-hybridized carbons (Fsp3) is 0. The van der Waals surface area contributed by atoms with E-state index in [9.17, 15) is 16.8 Å². The molecule has 0 aliphatic rings. The Balaban J connectivity index is 1.47. The number of nitrogens with zero attached hydrogens (tertiary/aromatic N) is 1. The molecule has 8 nitrogen and oxygen atoms in total. The molecule has 4 aromatic rings. The lowest BCUT2D eigenvalue weighted by Gasteiger charge is -2.08. The van der Waals surface area contributed by atoms with Gasteiger partial charge in [-0.25, -0.2) is 27.0 Å². The second-order valence-corrected chi connectivity index (χ2v) is 10.8. The van der Waals surface area contributed by atoms with Crippen molar-refractivity contribution in [1.82, 2.24) is 4.98 Å². The van der Waals surface area contributed by atoms with Crippen LogP contribution in [0.3, 0.4) is 0 Å². The van der Waals surface area contributed by atoms with Gasteiger partial charge in [-0.3, -0.25) is 4.72 Å². The average molecular weight is 487 g/mol. The Labute approximate surface area is 189 Å². The van der Waals surface area contributed by atoms with E-state index in [1.165, 1.54) is 35.6 Å². The van der Waals surface area contributed by atoms with E-state index in [0.29, 0.717) is 22.2 Å². The number of anilines is 3. The third kappa shape index (κ3) is 5.14. The average Bonchev–Trinajstić information content (AvgIpc) is 3.22. The van der Waals surface area contributed by atoms with Crippen molar-refractivity contribution in [3.63, 3.8) is 0 Å². The first-order chi connectivity index (χ1) is 15.2. The van der Waals surface area contributed by atoms with Crippen molar-refractivity contribution < 1.29 is 16.8 Å². The normalized spacial score (nSPS) is 11.8. The van der Waals surface area contributed by atoms with Crippen molar-refractivity contribution in [2.24, 2.45) is 5.14 Å². The number of hydrogen-bond acceptors (Lipinski definition) is 7. The molecule has 1 aromatic heterocycles. The van der Waals surface area contributed by atoms with E-state index in [0.717, 1.165) is 5.56 Å². The molecule has 0 saturated carbocycles. The van der Waals surface area contributed by atoms with Crippen LogP contribution in [0.2, 0.25) is 0 Å². The van der Waals surface area contributed by atoms with E-state index in [2.05, 4.69) is 15.0 Å². The van der Waals surface area contributed by atoms with Gasteiger partial charge in [-0.15, -0.1) is 11.3 Å². The first-order valence-electron chi connectivity index (χ1n) is 9.24. The molecule has 0 aliphatic heterocycles. The van der Waals surface area contributed by atoms with Gasteiger partial charge in [-0.05, 0) is 48.5 Å². The van der Waals surface area contributed by atoms with Crippen LogP contribution in [0, 0.1) is 0 Å². The number of sulfonamides is 2. The van der Waals surface area contributed by atoms with E-state index >= 15 is 0 Å². The van der Waals surface area contributed by atoms with Gasteiger partial charge in [0.05, 0.1) is 15.5 Å². The minimum Gasteiger partial charge on any atom is -0.332 e. The third-order valence-electron chi connectivity index (χ3n) is 4.42. The second-order valence-electron chi connectivity index (χ2n) is 6.73. The predicted molar refractivity (Wildman–Crippen MR) is 126 cm³/mol. The van der Waals surface area contributed by atoms with Crippen LogP contribution in [-0.2, 0) is 20.0 Å². The molecule has 3 aromatic carbocycles. The van der Waals surface area contributed by atoms with Crippen molar-refractivity contribution >= 4 is 47.9 Å². The second kappa shape index (κ2) is 8.71. The van der Waals surface area contributed by atoms with Crippen molar-refractivity contribution in [3.8, 4) is 11.3 Å². The quantitative estimate of drug-likeness (QED) is 0.362. The van der Waals surface area contributed by atoms with Crippen LogP contribution in [0.4, 0.5) is 16.5 Å². The summed E-state index contributed by atoms with van der Waals surface area (Å²) in [6, 6.07) is 21.1. The van der Waals surface area contributed by atoms with Crippen molar-refractivity contribution in [1.29, 1.82) is 0 Å². The lowest BCUT2D eigenvalue weighted by atomic mass is 10.2. The highest BCUT2D eigenvalue weighted by molar-refractivity contribution is 7.92. The van der Waals surface area contributed by atoms with Gasteiger partial charge in [0, 0.05) is 22.3 Å². The Kier molecular flexibility index (Phi) is 5.98. The highest BCUT2D eigenvalue weighted by atomic mass is 32.2. The summed E-state index contributed by atoms with van der Waals surface area (Å²) in [5.74, 6) is 0. The molecule has 1 heterocycles. The van der Waals surface area contributed by atoms with E-state index in [1.807, 2.05) is 11.4 Å². The maximum absolute atomic E-state index is 12.6. The van der Waals surface area contributed by atoms with Gasteiger partial charge in [0.25, 0.3) is 10.0 Å². The molecule has 164 valence electrons. The van der Waals surface area contributed by atoms with E-state index < -0.39 is 20.0 Å². The summed E-state index contributed by atoms with van der Waals surface area (Å²) < 4.78 is 50.4. The van der Waals surface area contributed by atoms with Crippen LogP contribution in [-0.4, -0.2) is 21.8 Å². The van der Waals surface area contributed by atoms with Crippen molar-refractivity contribution in [2.75, 3.05) is 10.0 Å². The van der Waals surface area contributed by atoms with Crippen LogP contribution >= 0.6 is 11.3 Å². The number of thiazole rings is 1. The Morgan fingerprint density at radius 2 is 1.38 bits per heavy atom. The summed E-state index contributed by atoms with van der Waals surface area (Å²) in [6.45, 7) is 0. The molecule has 0 bridgehead atoms. The van der Waals surface area contributed by atoms with Crippen LogP contribution in [0.1, 0.15) is 0 Å². The lowest BCUT2D eigenvalue weighted by molar-refractivity contribution is 0.597. The Hall–Kier alpha value is -3.25. The molecular formula is C21H18N4O4S3. The highest BCUT2D eigenvalue weighted by Gasteiger charge is 2.15. The summed E-state index contributed by atoms with van der Waals surface area (Å²) in [5.41, 5.74) is 2.59. The SMILES string of the molecule is NS(=O)(=O)c1ccc(Nc2nc(-c3ccc(S(=O)(=O)Nc4ccccc4)cc3)cs2)cc1. The fourth-order valence-electron chi connectivity index (χ4n) is 2.84.